The summed E-state index contributed by atoms with van der Waals surface area (Å²) in [6.45, 7) is 14.7. The maximum absolute atomic E-state index is 3.86. The second-order valence-corrected chi connectivity index (χ2v) is 7.37. The molecule has 1 saturated heterocycles. The molecule has 0 radical (unpaired) electrons. The first kappa shape index (κ1) is 15.3. The largest absolute Gasteiger partial charge is 0.313 e. The molecule has 1 saturated carbocycles. The lowest BCUT2D eigenvalue weighted by Crippen LogP contribution is -2.44. The highest BCUT2D eigenvalue weighted by Gasteiger charge is 2.45. The van der Waals surface area contributed by atoms with E-state index in [9.17, 15) is 0 Å². The summed E-state index contributed by atoms with van der Waals surface area (Å²) >= 11 is 0. The number of likely N-dealkylation sites (tertiary alicyclic amines) is 1. The molecular formula is C17H34N2. The summed E-state index contributed by atoms with van der Waals surface area (Å²) in [5.74, 6) is 1.75. The Morgan fingerprint density at radius 1 is 1.16 bits per heavy atom. The second kappa shape index (κ2) is 6.58. The fourth-order valence-electron chi connectivity index (χ4n) is 3.64. The van der Waals surface area contributed by atoms with Crippen LogP contribution in [0.5, 0.6) is 0 Å². The van der Waals surface area contributed by atoms with Gasteiger partial charge in [0.25, 0.3) is 0 Å². The van der Waals surface area contributed by atoms with E-state index in [-0.39, 0.29) is 0 Å². The van der Waals surface area contributed by atoms with E-state index in [4.69, 9.17) is 0 Å². The van der Waals surface area contributed by atoms with E-state index >= 15 is 0 Å². The maximum atomic E-state index is 3.86. The molecule has 2 aliphatic rings. The van der Waals surface area contributed by atoms with Crippen molar-refractivity contribution in [1.82, 2.24) is 10.2 Å². The third-order valence-electron chi connectivity index (χ3n) is 5.77. The van der Waals surface area contributed by atoms with E-state index in [1.165, 1.54) is 58.3 Å². The van der Waals surface area contributed by atoms with Crippen LogP contribution >= 0.6 is 0 Å². The molecule has 0 aromatic rings. The van der Waals surface area contributed by atoms with Gasteiger partial charge in [0.2, 0.25) is 0 Å². The van der Waals surface area contributed by atoms with Crippen LogP contribution in [0.2, 0.25) is 0 Å². The minimum absolute atomic E-state index is 0.650. The van der Waals surface area contributed by atoms with E-state index in [0.29, 0.717) is 11.5 Å². The van der Waals surface area contributed by atoms with Crippen LogP contribution in [-0.4, -0.2) is 37.1 Å². The van der Waals surface area contributed by atoms with Gasteiger partial charge in [-0.1, -0.05) is 20.8 Å². The number of hydrogen-bond donors (Lipinski definition) is 1. The first-order chi connectivity index (χ1) is 9.07. The summed E-state index contributed by atoms with van der Waals surface area (Å²) in [4.78, 5) is 2.64. The fraction of sp³-hybridized carbons (Fsp3) is 1.00. The van der Waals surface area contributed by atoms with Crippen molar-refractivity contribution in [2.45, 2.75) is 65.8 Å². The van der Waals surface area contributed by atoms with Crippen LogP contribution < -0.4 is 5.32 Å². The second-order valence-electron chi connectivity index (χ2n) is 7.37. The van der Waals surface area contributed by atoms with Crippen molar-refractivity contribution in [3.05, 3.63) is 0 Å². The molecule has 0 amide bonds. The van der Waals surface area contributed by atoms with Gasteiger partial charge in [-0.15, -0.1) is 0 Å². The van der Waals surface area contributed by atoms with Crippen molar-refractivity contribution < 1.29 is 0 Å². The standard InChI is InChI=1S/C17H34N2/c1-5-10-19-11-6-16(7-12-19)15(4)18-13-17(8-9-17)14(2)3/h14-16,18H,5-13H2,1-4H3. The van der Waals surface area contributed by atoms with Gasteiger partial charge >= 0.3 is 0 Å². The van der Waals surface area contributed by atoms with Crippen LogP contribution in [0.3, 0.4) is 0 Å². The molecule has 2 nitrogen and oxygen atoms in total. The van der Waals surface area contributed by atoms with Gasteiger partial charge in [0, 0.05) is 12.6 Å². The molecule has 1 unspecified atom stereocenters. The zero-order valence-electron chi connectivity index (χ0n) is 13.5. The monoisotopic (exact) mass is 266 g/mol. The van der Waals surface area contributed by atoms with Crippen molar-refractivity contribution in [1.29, 1.82) is 0 Å². The molecule has 0 spiro atoms. The summed E-state index contributed by atoms with van der Waals surface area (Å²) in [5, 5.41) is 3.86. The quantitative estimate of drug-likeness (QED) is 0.758. The third kappa shape index (κ3) is 3.95. The Kier molecular flexibility index (Phi) is 5.30. The maximum Gasteiger partial charge on any atom is 0.00681 e. The van der Waals surface area contributed by atoms with Gasteiger partial charge in [-0.2, -0.15) is 0 Å². The van der Waals surface area contributed by atoms with E-state index in [1.54, 1.807) is 0 Å². The Morgan fingerprint density at radius 2 is 1.79 bits per heavy atom. The third-order valence-corrected chi connectivity index (χ3v) is 5.77. The lowest BCUT2D eigenvalue weighted by molar-refractivity contribution is 0.158. The molecule has 2 fully saturated rings. The van der Waals surface area contributed by atoms with Gasteiger partial charge in [-0.3, -0.25) is 0 Å². The highest BCUT2D eigenvalue weighted by Crippen LogP contribution is 2.51. The lowest BCUT2D eigenvalue weighted by Gasteiger charge is -2.36. The zero-order chi connectivity index (χ0) is 13.9. The van der Waals surface area contributed by atoms with Crippen LogP contribution in [0, 0.1) is 17.3 Å². The first-order valence-corrected chi connectivity index (χ1v) is 8.53. The average molecular weight is 266 g/mol. The topological polar surface area (TPSA) is 15.3 Å². The number of hydrogen-bond acceptors (Lipinski definition) is 2. The average Bonchev–Trinajstić information content (AvgIpc) is 3.18. The molecule has 112 valence electrons. The Hall–Kier alpha value is -0.0800. The Morgan fingerprint density at radius 3 is 2.26 bits per heavy atom. The predicted octanol–water partition coefficient (Wildman–Crippen LogP) is 3.52. The summed E-state index contributed by atoms with van der Waals surface area (Å²) in [5.41, 5.74) is 0.650. The molecule has 1 aliphatic heterocycles. The van der Waals surface area contributed by atoms with Crippen LogP contribution in [-0.2, 0) is 0 Å². The fourth-order valence-corrected chi connectivity index (χ4v) is 3.64. The Balaban J connectivity index is 1.68. The van der Waals surface area contributed by atoms with Gasteiger partial charge in [0.15, 0.2) is 0 Å². The summed E-state index contributed by atoms with van der Waals surface area (Å²) < 4.78 is 0. The van der Waals surface area contributed by atoms with Gasteiger partial charge < -0.3 is 10.2 Å². The summed E-state index contributed by atoms with van der Waals surface area (Å²) in [6, 6.07) is 0.708. The molecule has 0 aromatic heterocycles. The molecule has 1 N–H and O–H groups in total. The molecule has 2 rings (SSSR count). The zero-order valence-corrected chi connectivity index (χ0v) is 13.5. The smallest absolute Gasteiger partial charge is 0.00681 e. The number of nitrogens with one attached hydrogen (secondary N) is 1. The van der Waals surface area contributed by atoms with Crippen molar-refractivity contribution in [2.75, 3.05) is 26.2 Å². The van der Waals surface area contributed by atoms with E-state index in [0.717, 1.165) is 11.8 Å². The molecule has 2 heteroatoms. The predicted molar refractivity (Wildman–Crippen MR) is 83.4 cm³/mol. The van der Waals surface area contributed by atoms with Crippen LogP contribution in [0.15, 0.2) is 0 Å². The van der Waals surface area contributed by atoms with E-state index in [1.807, 2.05) is 0 Å². The number of piperidine rings is 1. The highest BCUT2D eigenvalue weighted by molar-refractivity contribution is 4.98. The van der Waals surface area contributed by atoms with Gasteiger partial charge in [0.1, 0.15) is 0 Å². The van der Waals surface area contributed by atoms with Crippen LogP contribution in [0.25, 0.3) is 0 Å². The highest BCUT2D eigenvalue weighted by atomic mass is 15.1. The Bertz CT molecular complexity index is 262. The molecule has 0 aromatic carbocycles. The van der Waals surface area contributed by atoms with Gasteiger partial charge in [-0.05, 0) is 75.9 Å². The van der Waals surface area contributed by atoms with Crippen molar-refractivity contribution in [3.8, 4) is 0 Å². The lowest BCUT2D eigenvalue weighted by atomic mass is 9.88. The van der Waals surface area contributed by atoms with Crippen molar-refractivity contribution in [2.24, 2.45) is 17.3 Å². The SMILES string of the molecule is CCCN1CCC(C(C)NCC2(C(C)C)CC2)CC1. The summed E-state index contributed by atoms with van der Waals surface area (Å²) in [6.07, 6.45) is 6.97. The first-order valence-electron chi connectivity index (χ1n) is 8.53. The Labute approximate surface area is 120 Å². The molecule has 1 aliphatic carbocycles. The van der Waals surface area contributed by atoms with E-state index < -0.39 is 0 Å². The normalized spacial score (nSPS) is 25.7. The number of rotatable bonds is 7. The minimum Gasteiger partial charge on any atom is -0.313 e. The molecule has 0 bridgehead atoms. The molecule has 1 atom stereocenters. The van der Waals surface area contributed by atoms with Crippen molar-refractivity contribution >= 4 is 0 Å². The van der Waals surface area contributed by atoms with Crippen LogP contribution in [0.1, 0.15) is 59.8 Å². The molecule has 19 heavy (non-hydrogen) atoms. The van der Waals surface area contributed by atoms with Crippen molar-refractivity contribution in [3.63, 3.8) is 0 Å². The summed E-state index contributed by atoms with van der Waals surface area (Å²) in [7, 11) is 0. The van der Waals surface area contributed by atoms with Gasteiger partial charge in [0.05, 0.1) is 0 Å². The van der Waals surface area contributed by atoms with Gasteiger partial charge in [-0.25, -0.2) is 0 Å². The minimum atomic E-state index is 0.650. The molecule has 1 heterocycles. The molecular weight excluding hydrogens is 232 g/mol. The number of nitrogens with zero attached hydrogens (tertiary/aromatic N) is 1. The van der Waals surface area contributed by atoms with Crippen LogP contribution in [0.4, 0.5) is 0 Å². The van der Waals surface area contributed by atoms with E-state index in [2.05, 4.69) is 37.9 Å².